The van der Waals surface area contributed by atoms with Gasteiger partial charge in [0.05, 0.1) is 13.2 Å². The van der Waals surface area contributed by atoms with Crippen LogP contribution in [0, 0.1) is 0 Å². The monoisotopic (exact) mass is 331 g/mol. The van der Waals surface area contributed by atoms with Crippen molar-refractivity contribution in [2.75, 3.05) is 26.3 Å². The third-order valence-corrected chi connectivity index (χ3v) is 7.68. The number of ether oxygens (including phenoxy) is 2. The van der Waals surface area contributed by atoms with Gasteiger partial charge in [0.2, 0.25) is 0 Å². The van der Waals surface area contributed by atoms with Gasteiger partial charge in [0.15, 0.2) is 5.79 Å². The van der Waals surface area contributed by atoms with Crippen molar-refractivity contribution in [3.05, 3.63) is 17.0 Å². The van der Waals surface area contributed by atoms with Gasteiger partial charge in [0, 0.05) is 30.8 Å². The molecule has 0 aliphatic carbocycles. The molecular weight excluding hydrogens is 310 g/mol. The Morgan fingerprint density at radius 1 is 1.24 bits per heavy atom. The topological polar surface area (TPSA) is 55.8 Å². The van der Waals surface area contributed by atoms with Crippen molar-refractivity contribution in [2.45, 2.75) is 42.6 Å². The van der Waals surface area contributed by atoms with E-state index in [1.165, 1.54) is 11.3 Å². The first-order chi connectivity index (χ1) is 10.1. The summed E-state index contributed by atoms with van der Waals surface area (Å²) in [4.78, 5) is 1.10. The van der Waals surface area contributed by atoms with Crippen LogP contribution in [0.1, 0.15) is 31.1 Å². The van der Waals surface area contributed by atoms with Crippen molar-refractivity contribution in [1.82, 2.24) is 4.31 Å². The van der Waals surface area contributed by atoms with Crippen molar-refractivity contribution in [1.29, 1.82) is 0 Å². The molecule has 0 aromatic carbocycles. The molecule has 0 saturated carbocycles. The first-order valence-electron chi connectivity index (χ1n) is 7.42. The molecule has 0 N–H and O–H groups in total. The predicted molar refractivity (Wildman–Crippen MR) is 80.9 cm³/mol. The number of hydrogen-bond donors (Lipinski definition) is 0. The predicted octanol–water partition coefficient (Wildman–Crippen LogP) is 2.23. The lowest BCUT2D eigenvalue weighted by Crippen LogP contribution is -2.51. The molecule has 7 heteroatoms. The van der Waals surface area contributed by atoms with E-state index in [9.17, 15) is 8.42 Å². The second-order valence-electron chi connectivity index (χ2n) is 5.44. The van der Waals surface area contributed by atoms with Gasteiger partial charge in [-0.3, -0.25) is 0 Å². The summed E-state index contributed by atoms with van der Waals surface area (Å²) in [6, 6.07) is 3.62. The quantitative estimate of drug-likeness (QED) is 0.852. The lowest BCUT2D eigenvalue weighted by molar-refractivity contribution is -0.280. The number of thiophene rings is 1. The molecule has 1 spiro atoms. The van der Waals surface area contributed by atoms with Gasteiger partial charge in [-0.25, -0.2) is 8.42 Å². The fraction of sp³-hybridized carbons (Fsp3) is 0.714. The van der Waals surface area contributed by atoms with Crippen LogP contribution in [0.15, 0.2) is 16.3 Å². The summed E-state index contributed by atoms with van der Waals surface area (Å²) in [7, 11) is -3.37. The van der Waals surface area contributed by atoms with Gasteiger partial charge in [-0.1, -0.05) is 6.92 Å². The zero-order valence-corrected chi connectivity index (χ0v) is 13.8. The molecule has 2 fully saturated rings. The summed E-state index contributed by atoms with van der Waals surface area (Å²) in [5.41, 5.74) is 0. The minimum atomic E-state index is -3.37. The van der Waals surface area contributed by atoms with Gasteiger partial charge in [0.25, 0.3) is 10.0 Å². The number of hydrogen-bond acceptors (Lipinski definition) is 5. The standard InChI is InChI=1S/C14H21NO4S2/c1-2-12-4-5-13(20-12)21(16,17)15-8-6-14(7-9-15)18-10-3-11-19-14/h4-5H,2-3,6-11H2,1H3. The fourth-order valence-corrected chi connectivity index (χ4v) is 5.68. The highest BCUT2D eigenvalue weighted by Gasteiger charge is 2.41. The molecule has 0 unspecified atom stereocenters. The lowest BCUT2D eigenvalue weighted by Gasteiger charge is -2.42. The Balaban J connectivity index is 1.70. The van der Waals surface area contributed by atoms with Crippen LogP contribution >= 0.6 is 11.3 Å². The Kier molecular flexibility index (Phi) is 4.38. The summed E-state index contributed by atoms with van der Waals surface area (Å²) >= 11 is 1.37. The fourth-order valence-electron chi connectivity index (χ4n) is 2.79. The molecular formula is C14H21NO4S2. The van der Waals surface area contributed by atoms with E-state index in [1.807, 2.05) is 13.0 Å². The molecule has 1 aromatic heterocycles. The first kappa shape index (κ1) is 15.4. The van der Waals surface area contributed by atoms with Gasteiger partial charge < -0.3 is 9.47 Å². The molecule has 21 heavy (non-hydrogen) atoms. The zero-order valence-electron chi connectivity index (χ0n) is 12.2. The first-order valence-corrected chi connectivity index (χ1v) is 9.68. The van der Waals surface area contributed by atoms with E-state index in [1.54, 1.807) is 10.4 Å². The van der Waals surface area contributed by atoms with Gasteiger partial charge >= 0.3 is 0 Å². The van der Waals surface area contributed by atoms with Crippen LogP contribution in [-0.2, 0) is 25.9 Å². The summed E-state index contributed by atoms with van der Waals surface area (Å²) in [6.07, 6.45) is 3.00. The molecule has 3 rings (SSSR count). The molecule has 118 valence electrons. The van der Waals surface area contributed by atoms with Gasteiger partial charge in [-0.05, 0) is 25.0 Å². The van der Waals surface area contributed by atoms with E-state index >= 15 is 0 Å². The minimum absolute atomic E-state index is 0.445. The van der Waals surface area contributed by atoms with E-state index in [0.29, 0.717) is 43.4 Å². The molecule has 0 bridgehead atoms. The number of sulfonamides is 1. The van der Waals surface area contributed by atoms with Crippen molar-refractivity contribution < 1.29 is 17.9 Å². The summed E-state index contributed by atoms with van der Waals surface area (Å²) in [5, 5.41) is 0. The average molecular weight is 331 g/mol. The van der Waals surface area contributed by atoms with Crippen LogP contribution in [0.3, 0.4) is 0 Å². The van der Waals surface area contributed by atoms with E-state index in [2.05, 4.69) is 0 Å². The third-order valence-electron chi connectivity index (χ3n) is 4.08. The second kappa shape index (κ2) is 5.96. The third kappa shape index (κ3) is 3.03. The normalized spacial score (nSPS) is 23.5. The minimum Gasteiger partial charge on any atom is -0.350 e. The zero-order chi connectivity index (χ0) is 14.9. The lowest BCUT2D eigenvalue weighted by atomic mass is 10.0. The average Bonchev–Trinajstić information content (AvgIpc) is 2.98. The number of rotatable bonds is 3. The van der Waals surface area contributed by atoms with Crippen LogP contribution in [-0.4, -0.2) is 44.8 Å². The molecule has 0 amide bonds. The van der Waals surface area contributed by atoms with Crippen LogP contribution < -0.4 is 0 Å². The second-order valence-corrected chi connectivity index (χ2v) is 8.77. The van der Waals surface area contributed by atoms with Crippen LogP contribution in [0.5, 0.6) is 0 Å². The molecule has 0 atom stereocenters. The van der Waals surface area contributed by atoms with Crippen LogP contribution in [0.2, 0.25) is 0 Å². The van der Waals surface area contributed by atoms with Crippen molar-refractivity contribution in [3.8, 4) is 0 Å². The van der Waals surface area contributed by atoms with Crippen molar-refractivity contribution >= 4 is 21.4 Å². The summed E-state index contributed by atoms with van der Waals surface area (Å²) in [5.74, 6) is -0.547. The Morgan fingerprint density at radius 2 is 1.90 bits per heavy atom. The van der Waals surface area contributed by atoms with Gasteiger partial charge in [-0.15, -0.1) is 11.3 Å². The maximum absolute atomic E-state index is 12.6. The molecule has 2 aliphatic heterocycles. The number of nitrogens with zero attached hydrogens (tertiary/aromatic N) is 1. The molecule has 2 saturated heterocycles. The molecule has 1 aromatic rings. The van der Waals surface area contributed by atoms with Crippen LogP contribution in [0.25, 0.3) is 0 Å². The summed E-state index contributed by atoms with van der Waals surface area (Å²) < 4.78 is 38.8. The van der Waals surface area contributed by atoms with Crippen molar-refractivity contribution in [2.24, 2.45) is 0 Å². The number of piperidine rings is 1. The molecule has 0 radical (unpaired) electrons. The van der Waals surface area contributed by atoms with Crippen LogP contribution in [0.4, 0.5) is 0 Å². The smallest absolute Gasteiger partial charge is 0.252 e. The molecule has 3 heterocycles. The number of aryl methyl sites for hydroxylation is 1. The Hall–Kier alpha value is -0.470. The SMILES string of the molecule is CCc1ccc(S(=O)(=O)N2CCC3(CC2)OCCCO3)s1. The Labute approximate surface area is 129 Å². The Morgan fingerprint density at radius 3 is 2.48 bits per heavy atom. The highest BCUT2D eigenvalue weighted by molar-refractivity contribution is 7.91. The van der Waals surface area contributed by atoms with Gasteiger partial charge in [0.1, 0.15) is 4.21 Å². The van der Waals surface area contributed by atoms with E-state index < -0.39 is 15.8 Å². The maximum atomic E-state index is 12.6. The van der Waals surface area contributed by atoms with Gasteiger partial charge in [-0.2, -0.15) is 4.31 Å². The highest BCUT2D eigenvalue weighted by Crippen LogP contribution is 2.34. The molecule has 5 nitrogen and oxygen atoms in total. The van der Waals surface area contributed by atoms with E-state index in [0.717, 1.165) is 17.7 Å². The van der Waals surface area contributed by atoms with Crippen molar-refractivity contribution in [3.63, 3.8) is 0 Å². The Bertz CT molecular complexity index is 580. The molecule has 2 aliphatic rings. The van der Waals surface area contributed by atoms with E-state index in [4.69, 9.17) is 9.47 Å². The highest BCUT2D eigenvalue weighted by atomic mass is 32.2. The maximum Gasteiger partial charge on any atom is 0.252 e. The largest absolute Gasteiger partial charge is 0.350 e. The summed E-state index contributed by atoms with van der Waals surface area (Å²) in [6.45, 7) is 4.36. The van der Waals surface area contributed by atoms with E-state index in [-0.39, 0.29) is 0 Å².